The second-order valence-electron chi connectivity index (χ2n) is 11.5. The second kappa shape index (κ2) is 11.7. The minimum Gasteiger partial charge on any atom is -0.358 e. The zero-order chi connectivity index (χ0) is 24.2. The van der Waals surface area contributed by atoms with Crippen LogP contribution in [0.3, 0.4) is 0 Å². The maximum absolute atomic E-state index is 4.46. The molecule has 0 bridgehead atoms. The van der Waals surface area contributed by atoms with Crippen LogP contribution in [0.4, 0.5) is 0 Å². The van der Waals surface area contributed by atoms with Gasteiger partial charge in [0.25, 0.3) is 0 Å². The van der Waals surface area contributed by atoms with Crippen molar-refractivity contribution in [2.75, 3.05) is 13.1 Å². The van der Waals surface area contributed by atoms with Gasteiger partial charge in [-0.2, -0.15) is 0 Å². The average molecular weight is 441 g/mol. The molecule has 182 valence electrons. The number of allylic oxidation sites excluding steroid dienone is 5. The van der Waals surface area contributed by atoms with Gasteiger partial charge in [0.05, 0.1) is 6.17 Å². The Morgan fingerprint density at radius 3 is 2.16 bits per heavy atom. The smallest absolute Gasteiger partial charge is 0.0793 e. The van der Waals surface area contributed by atoms with Crippen molar-refractivity contribution in [2.24, 2.45) is 35.5 Å². The highest BCUT2D eigenvalue weighted by atomic mass is 15.4. The van der Waals surface area contributed by atoms with Crippen molar-refractivity contribution in [2.45, 2.75) is 94.3 Å². The van der Waals surface area contributed by atoms with Crippen molar-refractivity contribution in [3.8, 4) is 0 Å². The lowest BCUT2D eigenvalue weighted by Crippen LogP contribution is -2.52. The quantitative estimate of drug-likeness (QED) is 0.265. The molecule has 0 radical (unpaired) electrons. The fraction of sp³-hybridized carbons (Fsp3) is 0.733. The molecule has 1 fully saturated rings. The summed E-state index contributed by atoms with van der Waals surface area (Å²) in [5.74, 6) is 3.76. The van der Waals surface area contributed by atoms with Crippen molar-refractivity contribution >= 4 is 0 Å². The first kappa shape index (κ1) is 27.0. The zero-order valence-electron chi connectivity index (χ0n) is 22.9. The molecule has 2 rings (SSSR count). The standard InChI is InChI=1S/C30H52N2/c1-12-14-26(21(4)5)29(19-24(10)20(2)3)31-17-18-32(25(31)11)30-27(22(6)7)15-13-16-28(30)23(8)9/h12-15,20-23,25,27-28,30H,10,16-19H2,1-9,11H3/b14-12-,29-26-/t25-,27?,28?,30-/m1/s1. The van der Waals surface area contributed by atoms with Gasteiger partial charge in [-0.1, -0.05) is 91.8 Å². The van der Waals surface area contributed by atoms with Gasteiger partial charge in [-0.25, -0.2) is 0 Å². The van der Waals surface area contributed by atoms with E-state index in [0.29, 0.717) is 41.8 Å². The van der Waals surface area contributed by atoms with Crippen LogP contribution in [0.5, 0.6) is 0 Å². The maximum atomic E-state index is 4.46. The van der Waals surface area contributed by atoms with Crippen LogP contribution in [-0.2, 0) is 0 Å². The summed E-state index contributed by atoms with van der Waals surface area (Å²) in [6.45, 7) is 30.2. The van der Waals surface area contributed by atoms with E-state index in [1.807, 2.05) is 0 Å². The van der Waals surface area contributed by atoms with Gasteiger partial charge in [-0.3, -0.25) is 4.90 Å². The minimum atomic E-state index is 0.419. The summed E-state index contributed by atoms with van der Waals surface area (Å²) in [5, 5.41) is 0. The monoisotopic (exact) mass is 440 g/mol. The van der Waals surface area contributed by atoms with Crippen LogP contribution in [0, 0.1) is 35.5 Å². The minimum absolute atomic E-state index is 0.419. The van der Waals surface area contributed by atoms with E-state index in [-0.39, 0.29) is 0 Å². The third kappa shape index (κ3) is 5.99. The summed E-state index contributed by atoms with van der Waals surface area (Å²) in [5.41, 5.74) is 4.32. The Labute approximate surface area is 200 Å². The summed E-state index contributed by atoms with van der Waals surface area (Å²) in [7, 11) is 0. The van der Waals surface area contributed by atoms with E-state index in [0.717, 1.165) is 25.4 Å². The highest BCUT2D eigenvalue weighted by molar-refractivity contribution is 5.31. The van der Waals surface area contributed by atoms with Gasteiger partial charge in [0, 0.05) is 31.2 Å². The van der Waals surface area contributed by atoms with E-state index in [1.165, 1.54) is 23.3 Å². The molecule has 0 aromatic heterocycles. The Bertz CT molecular complexity index is 706. The predicted octanol–water partition coefficient (Wildman–Crippen LogP) is 7.91. The summed E-state index contributed by atoms with van der Waals surface area (Å²) in [6, 6.07) is 0.624. The molecule has 0 aromatic rings. The van der Waals surface area contributed by atoms with E-state index >= 15 is 0 Å². The lowest BCUT2D eigenvalue weighted by Gasteiger charge is -2.47. The zero-order valence-corrected chi connectivity index (χ0v) is 22.9. The Hall–Kier alpha value is -1.28. The van der Waals surface area contributed by atoms with Crippen molar-refractivity contribution in [3.63, 3.8) is 0 Å². The molecule has 4 atom stereocenters. The van der Waals surface area contributed by atoms with Gasteiger partial charge >= 0.3 is 0 Å². The molecule has 1 saturated heterocycles. The van der Waals surface area contributed by atoms with Crippen LogP contribution in [0.15, 0.2) is 47.7 Å². The van der Waals surface area contributed by atoms with Gasteiger partial charge < -0.3 is 4.90 Å². The van der Waals surface area contributed by atoms with Gasteiger partial charge in [0.15, 0.2) is 0 Å². The van der Waals surface area contributed by atoms with E-state index in [9.17, 15) is 0 Å². The van der Waals surface area contributed by atoms with Crippen LogP contribution in [0.2, 0.25) is 0 Å². The SMILES string of the molecule is C=C(C/C(=C(\C=C/C)C(C)C)N1CCN([C@@H]2C(C(C)C)C=CCC2C(C)C)[C@@H]1C)C(C)C. The first-order valence-corrected chi connectivity index (χ1v) is 13.2. The summed E-state index contributed by atoms with van der Waals surface area (Å²) < 4.78 is 0. The molecule has 2 unspecified atom stereocenters. The highest BCUT2D eigenvalue weighted by Crippen LogP contribution is 2.41. The van der Waals surface area contributed by atoms with Gasteiger partial charge in [0.1, 0.15) is 0 Å². The van der Waals surface area contributed by atoms with E-state index in [2.05, 4.69) is 110 Å². The molecule has 1 aliphatic carbocycles. The Morgan fingerprint density at radius 1 is 1.00 bits per heavy atom. The topological polar surface area (TPSA) is 6.48 Å². The Kier molecular flexibility index (Phi) is 9.88. The number of nitrogens with zero attached hydrogens (tertiary/aromatic N) is 2. The van der Waals surface area contributed by atoms with Crippen molar-refractivity contribution in [1.82, 2.24) is 9.80 Å². The summed E-state index contributed by atoms with van der Waals surface area (Å²) >= 11 is 0. The van der Waals surface area contributed by atoms with Crippen molar-refractivity contribution < 1.29 is 0 Å². The summed E-state index contributed by atoms with van der Waals surface area (Å²) in [6.07, 6.45) is 12.2. The summed E-state index contributed by atoms with van der Waals surface area (Å²) in [4.78, 5) is 5.57. The molecule has 32 heavy (non-hydrogen) atoms. The molecule has 2 heteroatoms. The molecule has 0 saturated carbocycles. The van der Waals surface area contributed by atoms with Crippen molar-refractivity contribution in [3.05, 3.63) is 47.7 Å². The van der Waals surface area contributed by atoms with Crippen LogP contribution >= 0.6 is 0 Å². The molecular formula is C30H52N2. The normalized spacial score (nSPS) is 28.1. The van der Waals surface area contributed by atoms with Crippen LogP contribution < -0.4 is 0 Å². The van der Waals surface area contributed by atoms with Gasteiger partial charge in [0.2, 0.25) is 0 Å². The number of hydrogen-bond donors (Lipinski definition) is 0. The van der Waals surface area contributed by atoms with Crippen molar-refractivity contribution in [1.29, 1.82) is 0 Å². The molecule has 0 aromatic carbocycles. The van der Waals surface area contributed by atoms with Crippen LogP contribution in [0.25, 0.3) is 0 Å². The lowest BCUT2D eigenvalue weighted by molar-refractivity contribution is 0.0332. The van der Waals surface area contributed by atoms with E-state index in [4.69, 9.17) is 0 Å². The first-order chi connectivity index (χ1) is 15.0. The highest BCUT2D eigenvalue weighted by Gasteiger charge is 2.43. The molecule has 0 N–H and O–H groups in total. The van der Waals surface area contributed by atoms with E-state index in [1.54, 1.807) is 0 Å². The average Bonchev–Trinajstić information content (AvgIpc) is 3.10. The van der Waals surface area contributed by atoms with E-state index < -0.39 is 0 Å². The van der Waals surface area contributed by atoms with Gasteiger partial charge in [-0.05, 0) is 61.3 Å². The Balaban J connectivity index is 2.46. The molecule has 2 aliphatic rings. The third-order valence-electron chi connectivity index (χ3n) is 8.00. The molecule has 1 heterocycles. The third-order valence-corrected chi connectivity index (χ3v) is 8.00. The molecule has 0 amide bonds. The largest absolute Gasteiger partial charge is 0.358 e. The van der Waals surface area contributed by atoms with Gasteiger partial charge in [-0.15, -0.1) is 0 Å². The van der Waals surface area contributed by atoms with Crippen LogP contribution in [-0.4, -0.2) is 35.1 Å². The lowest BCUT2D eigenvalue weighted by atomic mass is 9.71. The number of hydrogen-bond acceptors (Lipinski definition) is 2. The fourth-order valence-corrected chi connectivity index (χ4v) is 5.81. The molecular weight excluding hydrogens is 388 g/mol. The maximum Gasteiger partial charge on any atom is 0.0793 e. The molecule has 0 spiro atoms. The molecule has 2 nitrogen and oxygen atoms in total. The predicted molar refractivity (Wildman–Crippen MR) is 142 cm³/mol. The number of rotatable bonds is 9. The fourth-order valence-electron chi connectivity index (χ4n) is 5.81. The first-order valence-electron chi connectivity index (χ1n) is 13.2. The Morgan fingerprint density at radius 2 is 1.66 bits per heavy atom. The molecule has 1 aliphatic heterocycles. The van der Waals surface area contributed by atoms with Crippen LogP contribution in [0.1, 0.15) is 82.1 Å². The second-order valence-corrected chi connectivity index (χ2v) is 11.5.